The maximum Gasteiger partial charge on any atom is 0.191 e. The second kappa shape index (κ2) is 10.6. The Hall–Kier alpha value is -1.83. The van der Waals surface area contributed by atoms with E-state index in [1.165, 1.54) is 36.8 Å². The van der Waals surface area contributed by atoms with Crippen molar-refractivity contribution in [3.05, 3.63) is 59.8 Å². The molecular formula is C22H32IN5. The van der Waals surface area contributed by atoms with E-state index >= 15 is 0 Å². The summed E-state index contributed by atoms with van der Waals surface area (Å²) in [7, 11) is 5.84. The molecule has 1 fully saturated rings. The molecule has 28 heavy (non-hydrogen) atoms. The van der Waals surface area contributed by atoms with Crippen molar-refractivity contribution in [2.75, 3.05) is 32.6 Å². The smallest absolute Gasteiger partial charge is 0.191 e. The van der Waals surface area contributed by atoms with Gasteiger partial charge < -0.3 is 15.5 Å². The number of aromatic nitrogens is 1. The van der Waals surface area contributed by atoms with Crippen LogP contribution in [0.2, 0.25) is 0 Å². The third kappa shape index (κ3) is 5.59. The number of guanidine groups is 1. The number of pyridine rings is 1. The number of aliphatic imine (C=N–C) groups is 1. The first-order valence-electron chi connectivity index (χ1n) is 9.75. The SMILES string of the molecule is CN=C(NCc1ccnc(N(C)C)c1)NCC1(c2ccccc2)CCCC1.I. The number of anilines is 1. The maximum absolute atomic E-state index is 4.41. The van der Waals surface area contributed by atoms with Crippen LogP contribution in [-0.2, 0) is 12.0 Å². The summed E-state index contributed by atoms with van der Waals surface area (Å²) in [5, 5.41) is 7.01. The number of hydrogen-bond acceptors (Lipinski definition) is 3. The summed E-state index contributed by atoms with van der Waals surface area (Å²) in [5.41, 5.74) is 2.85. The molecule has 2 aromatic rings. The fraction of sp³-hybridized carbons (Fsp3) is 0.455. The van der Waals surface area contributed by atoms with E-state index in [0.717, 1.165) is 24.9 Å². The van der Waals surface area contributed by atoms with E-state index in [-0.39, 0.29) is 29.4 Å². The van der Waals surface area contributed by atoms with E-state index in [0.29, 0.717) is 0 Å². The fourth-order valence-electron chi connectivity index (χ4n) is 3.89. The number of halogens is 1. The van der Waals surface area contributed by atoms with Gasteiger partial charge in [0.1, 0.15) is 5.82 Å². The molecule has 0 unspecified atom stereocenters. The lowest BCUT2D eigenvalue weighted by molar-refractivity contribution is 0.431. The van der Waals surface area contributed by atoms with Gasteiger partial charge in [0, 0.05) is 45.8 Å². The van der Waals surface area contributed by atoms with Gasteiger partial charge in [-0.25, -0.2) is 4.98 Å². The van der Waals surface area contributed by atoms with Crippen molar-refractivity contribution in [1.82, 2.24) is 15.6 Å². The van der Waals surface area contributed by atoms with Gasteiger partial charge in [-0.2, -0.15) is 0 Å². The minimum absolute atomic E-state index is 0. The largest absolute Gasteiger partial charge is 0.363 e. The van der Waals surface area contributed by atoms with E-state index in [9.17, 15) is 0 Å². The van der Waals surface area contributed by atoms with Gasteiger partial charge in [0.15, 0.2) is 5.96 Å². The Balaban J connectivity index is 0.00000280. The Morgan fingerprint density at radius 3 is 2.46 bits per heavy atom. The first kappa shape index (κ1) is 22.5. The topological polar surface area (TPSA) is 52.6 Å². The van der Waals surface area contributed by atoms with Crippen LogP contribution in [-0.4, -0.2) is 38.6 Å². The summed E-state index contributed by atoms with van der Waals surface area (Å²) in [6.07, 6.45) is 6.92. The van der Waals surface area contributed by atoms with Crippen molar-refractivity contribution in [1.29, 1.82) is 0 Å². The molecule has 5 nitrogen and oxygen atoms in total. The summed E-state index contributed by atoms with van der Waals surface area (Å²) < 4.78 is 0. The summed E-state index contributed by atoms with van der Waals surface area (Å²) >= 11 is 0. The second-order valence-electron chi connectivity index (χ2n) is 7.55. The lowest BCUT2D eigenvalue weighted by atomic mass is 9.79. The Morgan fingerprint density at radius 1 is 1.11 bits per heavy atom. The number of rotatable bonds is 6. The van der Waals surface area contributed by atoms with Crippen LogP contribution in [0.1, 0.15) is 36.8 Å². The van der Waals surface area contributed by atoms with Crippen LogP contribution in [0.4, 0.5) is 5.82 Å². The van der Waals surface area contributed by atoms with Gasteiger partial charge >= 0.3 is 0 Å². The van der Waals surface area contributed by atoms with Crippen LogP contribution in [0.5, 0.6) is 0 Å². The van der Waals surface area contributed by atoms with Gasteiger partial charge in [0.2, 0.25) is 0 Å². The van der Waals surface area contributed by atoms with Gasteiger partial charge in [-0.05, 0) is 36.1 Å². The molecule has 0 atom stereocenters. The molecule has 1 saturated carbocycles. The molecule has 0 aliphatic heterocycles. The van der Waals surface area contributed by atoms with Crippen LogP contribution in [0, 0.1) is 0 Å². The van der Waals surface area contributed by atoms with Crippen molar-refractivity contribution in [3.8, 4) is 0 Å². The normalized spacial score (nSPS) is 15.6. The zero-order valence-corrected chi connectivity index (χ0v) is 19.4. The maximum atomic E-state index is 4.41. The zero-order valence-electron chi connectivity index (χ0n) is 17.1. The first-order valence-corrected chi connectivity index (χ1v) is 9.75. The van der Waals surface area contributed by atoms with Crippen LogP contribution in [0.25, 0.3) is 0 Å². The second-order valence-corrected chi connectivity index (χ2v) is 7.55. The third-order valence-electron chi connectivity index (χ3n) is 5.49. The van der Waals surface area contributed by atoms with Crippen molar-refractivity contribution in [2.45, 2.75) is 37.6 Å². The van der Waals surface area contributed by atoms with Crippen LogP contribution in [0.15, 0.2) is 53.7 Å². The van der Waals surface area contributed by atoms with Gasteiger partial charge in [-0.15, -0.1) is 24.0 Å². The van der Waals surface area contributed by atoms with Gasteiger partial charge in [-0.1, -0.05) is 43.2 Å². The van der Waals surface area contributed by atoms with Crippen LogP contribution < -0.4 is 15.5 Å². The number of benzene rings is 1. The molecule has 2 N–H and O–H groups in total. The Kier molecular flexibility index (Phi) is 8.54. The van der Waals surface area contributed by atoms with Gasteiger partial charge in [0.25, 0.3) is 0 Å². The average molecular weight is 493 g/mol. The Bertz CT molecular complexity index is 755. The van der Waals surface area contributed by atoms with Crippen molar-refractivity contribution < 1.29 is 0 Å². The van der Waals surface area contributed by atoms with Crippen LogP contribution >= 0.6 is 24.0 Å². The predicted molar refractivity (Wildman–Crippen MR) is 129 cm³/mol. The zero-order chi connectivity index (χ0) is 19.1. The molecule has 3 rings (SSSR count). The number of nitrogens with one attached hydrogen (secondary N) is 2. The summed E-state index contributed by atoms with van der Waals surface area (Å²) in [6, 6.07) is 15.1. The number of nitrogens with zero attached hydrogens (tertiary/aromatic N) is 3. The third-order valence-corrected chi connectivity index (χ3v) is 5.49. The fourth-order valence-corrected chi connectivity index (χ4v) is 3.89. The molecular weight excluding hydrogens is 461 g/mol. The molecule has 152 valence electrons. The van der Waals surface area contributed by atoms with E-state index in [4.69, 9.17) is 0 Å². The summed E-state index contributed by atoms with van der Waals surface area (Å²) in [4.78, 5) is 10.8. The minimum Gasteiger partial charge on any atom is -0.363 e. The highest BCUT2D eigenvalue weighted by Crippen LogP contribution is 2.40. The Morgan fingerprint density at radius 2 is 1.82 bits per heavy atom. The molecule has 1 heterocycles. The summed E-state index contributed by atoms with van der Waals surface area (Å²) in [5.74, 6) is 1.81. The highest BCUT2D eigenvalue weighted by molar-refractivity contribution is 14.0. The Labute approximate surface area is 186 Å². The minimum atomic E-state index is 0. The predicted octanol–water partition coefficient (Wildman–Crippen LogP) is 3.94. The van der Waals surface area contributed by atoms with E-state index in [1.54, 1.807) is 0 Å². The standard InChI is InChI=1S/C22H31N5.HI/c1-23-21(25-16-18-11-14-24-20(15-18)27(2)3)26-17-22(12-7-8-13-22)19-9-5-4-6-10-19;/h4-6,9-11,14-15H,7-8,12-13,16-17H2,1-3H3,(H2,23,25,26);1H. The quantitative estimate of drug-likeness (QED) is 0.364. The first-order chi connectivity index (χ1) is 13.1. The molecule has 1 aromatic carbocycles. The monoisotopic (exact) mass is 493 g/mol. The molecule has 0 saturated heterocycles. The van der Waals surface area contributed by atoms with Crippen LogP contribution in [0.3, 0.4) is 0 Å². The van der Waals surface area contributed by atoms with E-state index in [1.807, 2.05) is 38.3 Å². The summed E-state index contributed by atoms with van der Waals surface area (Å²) in [6.45, 7) is 1.64. The van der Waals surface area contributed by atoms with Gasteiger partial charge in [-0.3, -0.25) is 4.99 Å². The van der Waals surface area contributed by atoms with E-state index in [2.05, 4.69) is 57.0 Å². The lowest BCUT2D eigenvalue weighted by Crippen LogP contribution is -2.44. The molecule has 6 heteroatoms. The van der Waals surface area contributed by atoms with Crippen molar-refractivity contribution >= 4 is 35.8 Å². The highest BCUT2D eigenvalue weighted by Gasteiger charge is 2.35. The molecule has 1 aromatic heterocycles. The lowest BCUT2D eigenvalue weighted by Gasteiger charge is -2.30. The molecule has 0 amide bonds. The average Bonchev–Trinajstić information content (AvgIpc) is 3.19. The van der Waals surface area contributed by atoms with E-state index < -0.39 is 0 Å². The van der Waals surface area contributed by atoms with Crippen molar-refractivity contribution in [3.63, 3.8) is 0 Å². The molecule has 1 aliphatic carbocycles. The van der Waals surface area contributed by atoms with Crippen molar-refractivity contribution in [2.24, 2.45) is 4.99 Å². The molecule has 0 bridgehead atoms. The molecule has 0 spiro atoms. The number of hydrogen-bond donors (Lipinski definition) is 2. The molecule has 0 radical (unpaired) electrons. The van der Waals surface area contributed by atoms with Gasteiger partial charge in [0.05, 0.1) is 0 Å². The highest BCUT2D eigenvalue weighted by atomic mass is 127. The molecule has 1 aliphatic rings.